The Kier molecular flexibility index (Phi) is 7.53. The van der Waals surface area contributed by atoms with Gasteiger partial charge in [-0.1, -0.05) is 11.2 Å². The van der Waals surface area contributed by atoms with E-state index >= 15 is 0 Å². The zero-order chi connectivity index (χ0) is 29.6. The normalized spacial score (nSPS) is 24.5. The summed E-state index contributed by atoms with van der Waals surface area (Å²) in [4.78, 5) is 31.5. The topological polar surface area (TPSA) is 136 Å². The molecule has 3 amide bonds. The zero-order valence-electron chi connectivity index (χ0n) is 22.7. The van der Waals surface area contributed by atoms with Gasteiger partial charge < -0.3 is 24.7 Å². The second-order valence-electron chi connectivity index (χ2n) is 11.2. The number of alkyl halides is 4. The summed E-state index contributed by atoms with van der Waals surface area (Å²) in [6.45, 7) is -0.613. The van der Waals surface area contributed by atoms with Crippen LogP contribution in [0.3, 0.4) is 0 Å². The van der Waals surface area contributed by atoms with Gasteiger partial charge in [0.15, 0.2) is 11.3 Å². The van der Waals surface area contributed by atoms with Gasteiger partial charge in [0.25, 0.3) is 5.91 Å². The first-order valence-electron chi connectivity index (χ1n) is 13.9. The molecule has 0 bridgehead atoms. The molecule has 3 aromatic rings. The number of halogens is 4. The van der Waals surface area contributed by atoms with Crippen molar-refractivity contribution in [3.8, 4) is 0 Å². The monoisotopic (exact) mass is 594 g/mol. The first kappa shape index (κ1) is 28.4. The quantitative estimate of drug-likeness (QED) is 0.340. The van der Waals surface area contributed by atoms with E-state index in [1.807, 2.05) is 5.32 Å². The van der Waals surface area contributed by atoms with Crippen LogP contribution >= 0.6 is 0 Å². The maximum atomic E-state index is 14.0. The molecule has 1 aliphatic heterocycles. The predicted octanol–water partition coefficient (Wildman–Crippen LogP) is 4.73. The molecule has 0 radical (unpaired) electrons. The van der Waals surface area contributed by atoms with Crippen LogP contribution in [0, 0.1) is 5.92 Å². The van der Waals surface area contributed by atoms with Crippen molar-refractivity contribution in [2.75, 3.05) is 20.3 Å². The second kappa shape index (κ2) is 11.2. The number of oxazole rings is 1. The standard InChI is InChI=1S/C27H30F4N6O5/c1-40-12-18(37-11-20(27(29,30)31)33-26(37)39)15-6-9-19-17(10-15)32-25(41-19)22(14-4-7-16(28)8-5-14)34-24(38)23-21(13-2-3-13)35-42-36-23/h6,9-10,13-14,16,18,20,22H,2-5,7-8,11-12H2,1H3,(H,33,39)(H,34,38). The molecule has 15 heteroatoms. The number of hydrogen-bond acceptors (Lipinski definition) is 8. The Balaban J connectivity index is 1.29. The highest BCUT2D eigenvalue weighted by Crippen LogP contribution is 2.41. The highest BCUT2D eigenvalue weighted by molar-refractivity contribution is 5.93. The fraction of sp³-hybridized carbons (Fsp3) is 0.593. The molecule has 2 N–H and O–H groups in total. The van der Waals surface area contributed by atoms with Crippen molar-refractivity contribution in [1.29, 1.82) is 0 Å². The minimum absolute atomic E-state index is 0.0472. The Morgan fingerprint density at radius 2 is 1.95 bits per heavy atom. The van der Waals surface area contributed by atoms with E-state index in [1.165, 1.54) is 7.11 Å². The summed E-state index contributed by atoms with van der Waals surface area (Å²) in [5.41, 5.74) is 1.87. The number of nitrogens with one attached hydrogen (secondary N) is 2. The van der Waals surface area contributed by atoms with Gasteiger partial charge >= 0.3 is 12.2 Å². The summed E-state index contributed by atoms with van der Waals surface area (Å²) in [6, 6.07) is 0.530. The lowest BCUT2D eigenvalue weighted by Crippen LogP contribution is -2.40. The molecule has 3 unspecified atom stereocenters. The van der Waals surface area contributed by atoms with E-state index < -0.39 is 49.0 Å². The van der Waals surface area contributed by atoms with Crippen LogP contribution in [0.4, 0.5) is 22.4 Å². The van der Waals surface area contributed by atoms with E-state index in [0.717, 1.165) is 17.7 Å². The Bertz CT molecular complexity index is 1450. The Hall–Kier alpha value is -3.75. The van der Waals surface area contributed by atoms with Crippen molar-refractivity contribution >= 4 is 23.0 Å². The van der Waals surface area contributed by atoms with Gasteiger partial charge in [0.2, 0.25) is 5.89 Å². The largest absolute Gasteiger partial charge is 0.438 e. The average Bonchev–Trinajstić information content (AvgIpc) is 3.33. The molecule has 3 aliphatic rings. The van der Waals surface area contributed by atoms with Crippen molar-refractivity contribution in [2.24, 2.45) is 5.92 Å². The predicted molar refractivity (Wildman–Crippen MR) is 137 cm³/mol. The van der Waals surface area contributed by atoms with E-state index in [-0.39, 0.29) is 30.0 Å². The molecule has 2 saturated carbocycles. The third-order valence-corrected chi connectivity index (χ3v) is 8.27. The van der Waals surface area contributed by atoms with E-state index in [9.17, 15) is 27.2 Å². The maximum Gasteiger partial charge on any atom is 0.410 e. The highest BCUT2D eigenvalue weighted by atomic mass is 19.4. The Morgan fingerprint density at radius 1 is 1.19 bits per heavy atom. The maximum absolute atomic E-state index is 14.0. The third kappa shape index (κ3) is 5.65. The lowest BCUT2D eigenvalue weighted by molar-refractivity contribution is -0.150. The van der Waals surface area contributed by atoms with Crippen LogP contribution in [0.25, 0.3) is 11.1 Å². The number of rotatable bonds is 9. The van der Waals surface area contributed by atoms with Gasteiger partial charge in [0, 0.05) is 13.0 Å². The zero-order valence-corrected chi connectivity index (χ0v) is 22.7. The lowest BCUT2D eigenvalue weighted by atomic mass is 9.83. The van der Waals surface area contributed by atoms with Crippen LogP contribution in [-0.4, -0.2) is 70.8 Å². The summed E-state index contributed by atoms with van der Waals surface area (Å²) in [5.74, 6) is -0.314. The number of carbonyl (C=O) groups is 2. The first-order chi connectivity index (χ1) is 20.1. The molecular formula is C27H30F4N6O5. The number of nitrogens with zero attached hydrogens (tertiary/aromatic N) is 4. The summed E-state index contributed by atoms with van der Waals surface area (Å²) in [7, 11) is 1.40. The average molecular weight is 595 g/mol. The van der Waals surface area contributed by atoms with Crippen LogP contribution in [-0.2, 0) is 4.74 Å². The number of methoxy groups -OCH3 is 1. The van der Waals surface area contributed by atoms with Crippen LogP contribution in [0.5, 0.6) is 0 Å². The van der Waals surface area contributed by atoms with Crippen LogP contribution in [0.2, 0.25) is 0 Å². The highest BCUT2D eigenvalue weighted by Gasteiger charge is 2.48. The van der Waals surface area contributed by atoms with Gasteiger partial charge in [0.05, 0.1) is 19.2 Å². The SMILES string of the molecule is COCC(c1ccc2oc(C(NC(=O)c3nonc3C3CC3)C3CCC(F)CC3)nc2c1)N1CC(C(F)(F)F)NC1=O. The minimum Gasteiger partial charge on any atom is -0.438 e. The molecule has 1 saturated heterocycles. The van der Waals surface area contributed by atoms with Gasteiger partial charge in [-0.2, -0.15) is 13.2 Å². The van der Waals surface area contributed by atoms with Crippen molar-refractivity contribution in [3.63, 3.8) is 0 Å². The van der Waals surface area contributed by atoms with Gasteiger partial charge in [-0.3, -0.25) is 4.79 Å². The number of ether oxygens (including phenoxy) is 1. The minimum atomic E-state index is -4.59. The number of benzene rings is 1. The summed E-state index contributed by atoms with van der Waals surface area (Å²) in [6.07, 6.45) is -2.02. The van der Waals surface area contributed by atoms with Crippen molar-refractivity contribution in [1.82, 2.24) is 30.8 Å². The van der Waals surface area contributed by atoms with E-state index in [1.54, 1.807) is 18.2 Å². The summed E-state index contributed by atoms with van der Waals surface area (Å²) < 4.78 is 70.1. The molecule has 11 nitrogen and oxygen atoms in total. The van der Waals surface area contributed by atoms with Crippen LogP contribution in [0.1, 0.15) is 84.2 Å². The second-order valence-corrected chi connectivity index (χ2v) is 11.2. The fourth-order valence-electron chi connectivity index (χ4n) is 5.82. The fourth-order valence-corrected chi connectivity index (χ4v) is 5.82. The van der Waals surface area contributed by atoms with Crippen molar-refractivity contribution in [3.05, 3.63) is 41.0 Å². The van der Waals surface area contributed by atoms with E-state index in [4.69, 9.17) is 13.8 Å². The van der Waals surface area contributed by atoms with E-state index in [0.29, 0.717) is 48.0 Å². The number of fused-ring (bicyclic) bond motifs is 1. The molecule has 2 aromatic heterocycles. The molecule has 2 aliphatic carbocycles. The molecular weight excluding hydrogens is 564 g/mol. The molecule has 3 fully saturated rings. The number of urea groups is 1. The van der Waals surface area contributed by atoms with Gasteiger partial charge in [-0.25, -0.2) is 18.8 Å². The Morgan fingerprint density at radius 3 is 2.62 bits per heavy atom. The molecule has 3 atom stereocenters. The van der Waals surface area contributed by atoms with Gasteiger partial charge in [-0.15, -0.1) is 0 Å². The van der Waals surface area contributed by atoms with Crippen LogP contribution in [0.15, 0.2) is 27.2 Å². The van der Waals surface area contributed by atoms with Crippen molar-refractivity contribution < 1.29 is 40.9 Å². The number of aromatic nitrogens is 3. The molecule has 226 valence electrons. The van der Waals surface area contributed by atoms with Gasteiger partial charge in [0.1, 0.15) is 29.5 Å². The number of carbonyl (C=O) groups excluding carboxylic acids is 2. The summed E-state index contributed by atoms with van der Waals surface area (Å²) >= 11 is 0. The number of hydrogen-bond donors (Lipinski definition) is 2. The summed E-state index contributed by atoms with van der Waals surface area (Å²) in [5, 5.41) is 12.6. The Labute approximate surface area is 237 Å². The lowest BCUT2D eigenvalue weighted by Gasteiger charge is -2.30. The number of amides is 3. The van der Waals surface area contributed by atoms with Crippen molar-refractivity contribution in [2.45, 2.75) is 74.9 Å². The molecule has 3 heterocycles. The third-order valence-electron chi connectivity index (χ3n) is 8.27. The molecule has 0 spiro atoms. The van der Waals surface area contributed by atoms with Gasteiger partial charge in [-0.05, 0) is 67.3 Å². The van der Waals surface area contributed by atoms with E-state index in [2.05, 4.69) is 20.6 Å². The van der Waals surface area contributed by atoms with Crippen LogP contribution < -0.4 is 10.6 Å². The molecule has 6 rings (SSSR count). The molecule has 42 heavy (non-hydrogen) atoms. The molecule has 1 aromatic carbocycles. The smallest absolute Gasteiger partial charge is 0.410 e. The first-order valence-corrected chi connectivity index (χ1v) is 13.9.